The Morgan fingerprint density at radius 3 is 2.09 bits per heavy atom. The summed E-state index contributed by atoms with van der Waals surface area (Å²) in [5.74, 6) is -0.399. The Balaban J connectivity index is 0.00000186. The van der Waals surface area contributed by atoms with Crippen LogP contribution in [0.5, 0.6) is 0 Å². The van der Waals surface area contributed by atoms with E-state index in [2.05, 4.69) is 73.6 Å². The molecule has 15 heteroatoms. The normalized spacial score (nSPS) is 18.8. The zero-order chi connectivity index (χ0) is 40.7. The van der Waals surface area contributed by atoms with E-state index in [9.17, 15) is 30.7 Å². The number of unbranched alkanes of at least 4 members (excludes halogenated alkanes) is 2. The van der Waals surface area contributed by atoms with E-state index in [4.69, 9.17) is 12.6 Å². The van der Waals surface area contributed by atoms with Gasteiger partial charge >= 0.3 is 10.6 Å². The van der Waals surface area contributed by atoms with Gasteiger partial charge in [0.15, 0.2) is 5.71 Å². The van der Waals surface area contributed by atoms with Crippen molar-refractivity contribution in [3.63, 3.8) is 0 Å². The third-order valence-electron chi connectivity index (χ3n) is 10.2. The lowest BCUT2D eigenvalue weighted by Crippen LogP contribution is -2.30. The van der Waals surface area contributed by atoms with Crippen molar-refractivity contribution in [2.24, 2.45) is 5.41 Å². The number of nitrogens with zero attached hydrogens (tertiary/aromatic N) is 2. The zero-order valence-corrected chi connectivity index (χ0v) is 34.8. The van der Waals surface area contributed by atoms with Crippen LogP contribution < -0.4 is 4.90 Å². The fourth-order valence-corrected chi connectivity index (χ4v) is 8.39. The van der Waals surface area contributed by atoms with Gasteiger partial charge in [0.25, 0.3) is 20.2 Å². The van der Waals surface area contributed by atoms with Gasteiger partial charge in [-0.15, -0.1) is 12.6 Å². The number of ketones is 1. The van der Waals surface area contributed by atoms with Crippen molar-refractivity contribution in [1.29, 1.82) is 0 Å². The predicted molar refractivity (Wildman–Crippen MR) is 212 cm³/mol. The van der Waals surface area contributed by atoms with Crippen LogP contribution in [-0.2, 0) is 46.5 Å². The number of fused-ring (bicyclic) bond motifs is 2. The van der Waals surface area contributed by atoms with E-state index in [-0.39, 0.29) is 41.0 Å². The molecule has 0 spiro atoms. The molecule has 2 aliphatic rings. The number of rotatable bonds is 16. The highest BCUT2D eigenvalue weighted by Gasteiger charge is 2.45. The molecular formula is C39H55N2O10S3+. The summed E-state index contributed by atoms with van der Waals surface area (Å²) in [4.78, 5) is 14.7. The fraction of sp³-hybridized carbons (Fsp3) is 0.538. The Morgan fingerprint density at radius 1 is 0.870 bits per heavy atom. The number of carbonyl (C=O) groups excluding carboxylic acids is 1. The molecule has 0 aliphatic carbocycles. The molecule has 0 aromatic heterocycles. The first-order chi connectivity index (χ1) is 24.9. The molecule has 54 heavy (non-hydrogen) atoms. The van der Waals surface area contributed by atoms with Crippen LogP contribution in [0.25, 0.3) is 0 Å². The molecule has 2 N–H and O–H groups in total. The number of Topliss-reactive ketones (excluding diaryl/α,β-unsaturated/α-hetero) is 1. The molecule has 2 aromatic carbocycles. The molecule has 0 saturated heterocycles. The van der Waals surface area contributed by atoms with Crippen LogP contribution in [0.2, 0.25) is 0 Å². The number of hydrogen-bond donors (Lipinski definition) is 2. The Hall–Kier alpha value is -3.50. The van der Waals surface area contributed by atoms with Gasteiger partial charge in [0, 0.05) is 59.3 Å². The third kappa shape index (κ3) is 12.0. The van der Waals surface area contributed by atoms with E-state index in [0.29, 0.717) is 19.5 Å². The van der Waals surface area contributed by atoms with Crippen molar-refractivity contribution in [2.45, 2.75) is 104 Å². The summed E-state index contributed by atoms with van der Waals surface area (Å²) >= 11 is 0. The highest BCUT2D eigenvalue weighted by molar-refractivity contribution is 7.86. The van der Waals surface area contributed by atoms with Crippen LogP contribution >= 0.6 is 0 Å². The Kier molecular flexibility index (Phi) is 14.9. The van der Waals surface area contributed by atoms with E-state index in [0.717, 1.165) is 65.2 Å². The highest BCUT2D eigenvalue weighted by Crippen LogP contribution is 2.51. The topological polar surface area (TPSA) is 183 Å². The molecule has 1 unspecified atom stereocenters. The summed E-state index contributed by atoms with van der Waals surface area (Å²) in [7, 11) is -11.3. The molecule has 298 valence electrons. The van der Waals surface area contributed by atoms with Crippen LogP contribution in [0.1, 0.15) is 103 Å². The van der Waals surface area contributed by atoms with Crippen LogP contribution in [0, 0.1) is 12.3 Å². The summed E-state index contributed by atoms with van der Waals surface area (Å²) in [6.07, 6.45) is 10.7. The molecule has 12 nitrogen and oxygen atoms in total. The maximum Gasteiger partial charge on any atom is 0.425 e. The standard InChI is InChI=1S/C39H54N2O7S2.O3S/c1-29-21-22-33-31(28-29)38(5,6)34(40(33)24-14-26-49(43,44)45)18-13-19-35-39(7,23-12-8-9-20-36(42)37(2,3)4)30-16-10-11-17-32(30)41(35)25-15-27-50(46,47)48;1-4(2)3/h10-11,13,16-19,21-22,28H,8-9,12,14-15,20,23-27H2,1-7H3,(H-,43,44,45,46,47,48);/p+1. The Labute approximate surface area is 322 Å². The number of hydrogen-bond acceptors (Lipinski definition) is 9. The number of para-hydroxylation sites is 1. The van der Waals surface area contributed by atoms with Crippen LogP contribution in [0.3, 0.4) is 0 Å². The van der Waals surface area contributed by atoms with Gasteiger partial charge in [-0.05, 0) is 70.7 Å². The van der Waals surface area contributed by atoms with Crippen molar-refractivity contribution >= 4 is 53.7 Å². The molecule has 0 radical (unpaired) electrons. The summed E-state index contributed by atoms with van der Waals surface area (Å²) < 4.78 is 92.8. The smallest absolute Gasteiger partial charge is 0.344 e. The van der Waals surface area contributed by atoms with Gasteiger partial charge in [-0.2, -0.15) is 21.4 Å². The molecule has 0 bridgehead atoms. The van der Waals surface area contributed by atoms with Crippen LogP contribution in [0.4, 0.5) is 11.4 Å². The van der Waals surface area contributed by atoms with Crippen molar-refractivity contribution < 1.29 is 47.9 Å². The summed E-state index contributed by atoms with van der Waals surface area (Å²) in [6.45, 7) is 15.3. The fourth-order valence-electron chi connectivity index (χ4n) is 7.41. The lowest BCUT2D eigenvalue weighted by molar-refractivity contribution is -0.437. The van der Waals surface area contributed by atoms with Gasteiger partial charge in [-0.3, -0.25) is 13.9 Å². The minimum Gasteiger partial charge on any atom is -0.344 e. The number of aryl methyl sites for hydroxylation is 1. The zero-order valence-electron chi connectivity index (χ0n) is 32.3. The molecule has 4 rings (SSSR count). The van der Waals surface area contributed by atoms with Crippen LogP contribution in [0.15, 0.2) is 66.4 Å². The number of allylic oxidation sites excluding steroid dienone is 4. The SMILES string of the molecule is Cc1ccc2c(c1)C(C)(C)C(C=CC=C1N(CCCS(=O)(=O)O)c3ccccc3C1(C)CCCCCC(=O)C(C)(C)C)=[N+]2CCCS(=O)(=O)O.O=S(=O)=O. The van der Waals surface area contributed by atoms with E-state index in [1.807, 2.05) is 45.0 Å². The molecule has 2 aliphatic heterocycles. The summed E-state index contributed by atoms with van der Waals surface area (Å²) in [5.41, 5.74) is 6.36. The lowest BCUT2D eigenvalue weighted by Gasteiger charge is -2.30. The van der Waals surface area contributed by atoms with Crippen molar-refractivity contribution in [3.8, 4) is 0 Å². The number of anilines is 1. The molecule has 0 amide bonds. The van der Waals surface area contributed by atoms with E-state index < -0.39 is 36.3 Å². The molecule has 0 saturated carbocycles. The second kappa shape index (κ2) is 18.0. The first-order valence-corrected chi connectivity index (χ1v) is 22.3. The van der Waals surface area contributed by atoms with Crippen molar-refractivity contribution in [1.82, 2.24) is 0 Å². The summed E-state index contributed by atoms with van der Waals surface area (Å²) in [5, 5.41) is 0. The third-order valence-corrected chi connectivity index (χ3v) is 11.8. The maximum atomic E-state index is 12.5. The van der Waals surface area contributed by atoms with E-state index >= 15 is 0 Å². The minimum absolute atomic E-state index is 0.250. The largest absolute Gasteiger partial charge is 0.425 e. The van der Waals surface area contributed by atoms with Crippen molar-refractivity contribution in [3.05, 3.63) is 83.1 Å². The number of benzene rings is 2. The second-order valence-corrected chi connectivity index (χ2v) is 19.4. The summed E-state index contributed by atoms with van der Waals surface area (Å²) in [6, 6.07) is 14.5. The van der Waals surface area contributed by atoms with Crippen molar-refractivity contribution in [2.75, 3.05) is 29.5 Å². The molecule has 1 atom stereocenters. The average molecular weight is 808 g/mol. The number of carbonyl (C=O) groups is 1. The highest BCUT2D eigenvalue weighted by atomic mass is 32.2. The molecular weight excluding hydrogens is 753 g/mol. The van der Waals surface area contributed by atoms with Gasteiger partial charge in [0.05, 0.1) is 16.9 Å². The van der Waals surface area contributed by atoms with Gasteiger partial charge < -0.3 is 4.90 Å². The monoisotopic (exact) mass is 807 g/mol. The van der Waals surface area contributed by atoms with Gasteiger partial charge in [-0.1, -0.05) is 69.5 Å². The second-order valence-electron chi connectivity index (χ2n) is 15.8. The van der Waals surface area contributed by atoms with Gasteiger partial charge in [0.2, 0.25) is 5.69 Å². The van der Waals surface area contributed by atoms with E-state index in [1.165, 1.54) is 0 Å². The average Bonchev–Trinajstić information content (AvgIpc) is 3.38. The first-order valence-electron chi connectivity index (χ1n) is 18.1. The maximum absolute atomic E-state index is 12.5. The molecule has 2 heterocycles. The van der Waals surface area contributed by atoms with Crippen LogP contribution in [-0.4, -0.2) is 79.2 Å². The Bertz CT molecular complexity index is 2120. The first kappa shape index (κ1) is 44.9. The Morgan fingerprint density at radius 2 is 1.48 bits per heavy atom. The predicted octanol–water partition coefficient (Wildman–Crippen LogP) is 6.71. The lowest BCUT2D eigenvalue weighted by atomic mass is 9.76. The molecule has 0 fully saturated rings. The van der Waals surface area contributed by atoms with Gasteiger partial charge in [0.1, 0.15) is 12.3 Å². The minimum atomic E-state index is -4.12. The van der Waals surface area contributed by atoms with E-state index in [1.54, 1.807) is 0 Å². The molecule has 2 aromatic rings. The van der Waals surface area contributed by atoms with Gasteiger partial charge in [-0.25, -0.2) is 0 Å². The quantitative estimate of drug-likeness (QED) is 0.105.